The summed E-state index contributed by atoms with van der Waals surface area (Å²) in [7, 11) is 0. The average Bonchev–Trinajstić information content (AvgIpc) is 3.26. The third-order valence-electron chi connectivity index (χ3n) is 5.02. The zero-order valence-corrected chi connectivity index (χ0v) is 13.1. The maximum Gasteiger partial charge on any atom is 0.320 e. The second kappa shape index (κ2) is 5.81. The second-order valence-corrected chi connectivity index (χ2v) is 6.44. The number of likely N-dealkylation sites (tertiary alicyclic amines) is 1. The van der Waals surface area contributed by atoms with Crippen LogP contribution in [0.25, 0.3) is 5.69 Å². The fraction of sp³-hybridized carbons (Fsp3) is 0.444. The Labute approximate surface area is 135 Å². The van der Waals surface area contributed by atoms with E-state index < -0.39 is 5.97 Å². The van der Waals surface area contributed by atoms with E-state index in [1.807, 2.05) is 18.2 Å². The third kappa shape index (κ3) is 2.55. The molecular weight excluding hydrogens is 290 g/mol. The predicted molar refractivity (Wildman–Crippen MR) is 86.7 cm³/mol. The molecule has 5 heteroatoms. The average molecular weight is 311 g/mol. The van der Waals surface area contributed by atoms with Crippen molar-refractivity contribution in [2.75, 3.05) is 6.54 Å². The molecule has 1 atom stereocenters. The lowest BCUT2D eigenvalue weighted by atomic mass is 10.1. The van der Waals surface area contributed by atoms with Gasteiger partial charge in [0.15, 0.2) is 0 Å². The first kappa shape index (κ1) is 14.5. The van der Waals surface area contributed by atoms with Crippen molar-refractivity contribution >= 4 is 5.97 Å². The Balaban J connectivity index is 1.66. The van der Waals surface area contributed by atoms with E-state index in [1.165, 1.54) is 11.3 Å². The van der Waals surface area contributed by atoms with Crippen LogP contribution in [-0.2, 0) is 24.2 Å². The van der Waals surface area contributed by atoms with Gasteiger partial charge in [-0.05, 0) is 56.3 Å². The van der Waals surface area contributed by atoms with Crippen LogP contribution in [0.4, 0.5) is 0 Å². The van der Waals surface area contributed by atoms with Crippen molar-refractivity contribution in [3.63, 3.8) is 0 Å². The number of hydrogen-bond donors (Lipinski definition) is 1. The number of fused-ring (bicyclic) bond motifs is 1. The van der Waals surface area contributed by atoms with Gasteiger partial charge < -0.3 is 5.11 Å². The van der Waals surface area contributed by atoms with Crippen molar-refractivity contribution in [1.29, 1.82) is 0 Å². The molecule has 1 aliphatic carbocycles. The highest BCUT2D eigenvalue weighted by atomic mass is 16.4. The Morgan fingerprint density at radius 1 is 1.22 bits per heavy atom. The van der Waals surface area contributed by atoms with Crippen LogP contribution in [0.5, 0.6) is 0 Å². The van der Waals surface area contributed by atoms with E-state index in [9.17, 15) is 9.90 Å². The number of benzene rings is 1. The number of aromatic nitrogens is 2. The zero-order valence-electron chi connectivity index (χ0n) is 13.1. The van der Waals surface area contributed by atoms with Crippen LogP contribution in [0, 0.1) is 0 Å². The quantitative estimate of drug-likeness (QED) is 0.942. The van der Waals surface area contributed by atoms with Crippen molar-refractivity contribution in [1.82, 2.24) is 14.7 Å². The van der Waals surface area contributed by atoms with Gasteiger partial charge >= 0.3 is 5.97 Å². The van der Waals surface area contributed by atoms with E-state index >= 15 is 0 Å². The van der Waals surface area contributed by atoms with Gasteiger partial charge in [0.25, 0.3) is 0 Å². The molecule has 1 aromatic carbocycles. The minimum absolute atomic E-state index is 0.353. The lowest BCUT2D eigenvalue weighted by molar-refractivity contribution is -0.142. The molecular formula is C18H21N3O2. The monoisotopic (exact) mass is 311 g/mol. The molecule has 2 aromatic rings. The first-order valence-corrected chi connectivity index (χ1v) is 8.36. The van der Waals surface area contributed by atoms with Crippen LogP contribution in [0.2, 0.25) is 0 Å². The lowest BCUT2D eigenvalue weighted by Gasteiger charge is -2.20. The maximum atomic E-state index is 11.4. The summed E-state index contributed by atoms with van der Waals surface area (Å²) in [6, 6.07) is 9.86. The SMILES string of the molecule is O=C(O)C1CCCN1Cc1nn(-c2ccccc2)c2c1CCC2. The van der Waals surface area contributed by atoms with E-state index in [0.717, 1.165) is 50.0 Å². The molecule has 5 nitrogen and oxygen atoms in total. The second-order valence-electron chi connectivity index (χ2n) is 6.44. The number of hydrogen-bond acceptors (Lipinski definition) is 3. The first-order chi connectivity index (χ1) is 11.2. The summed E-state index contributed by atoms with van der Waals surface area (Å²) in [6.45, 7) is 1.50. The third-order valence-corrected chi connectivity index (χ3v) is 5.02. The minimum atomic E-state index is -0.707. The molecule has 0 bridgehead atoms. The summed E-state index contributed by atoms with van der Waals surface area (Å²) in [5.41, 5.74) is 4.80. The van der Waals surface area contributed by atoms with Crippen molar-refractivity contribution in [2.45, 2.75) is 44.7 Å². The Bertz CT molecular complexity index is 723. The highest BCUT2D eigenvalue weighted by Gasteiger charge is 2.32. The molecule has 1 saturated heterocycles. The van der Waals surface area contributed by atoms with E-state index in [0.29, 0.717) is 6.54 Å². The van der Waals surface area contributed by atoms with Crippen molar-refractivity contribution < 1.29 is 9.90 Å². The standard InChI is InChI=1S/C18H21N3O2/c22-18(23)17-10-5-11-20(17)12-15-14-8-4-9-16(14)21(19-15)13-6-2-1-3-7-13/h1-3,6-7,17H,4-5,8-12H2,(H,22,23). The number of aliphatic carboxylic acids is 1. The van der Waals surface area contributed by atoms with Crippen molar-refractivity contribution in [3.05, 3.63) is 47.3 Å². The Morgan fingerprint density at radius 3 is 2.83 bits per heavy atom. The number of para-hydroxylation sites is 1. The van der Waals surface area contributed by atoms with Gasteiger partial charge in [0, 0.05) is 12.2 Å². The zero-order chi connectivity index (χ0) is 15.8. The minimum Gasteiger partial charge on any atom is -0.480 e. The summed E-state index contributed by atoms with van der Waals surface area (Å²) < 4.78 is 2.06. The lowest BCUT2D eigenvalue weighted by Crippen LogP contribution is -2.35. The van der Waals surface area contributed by atoms with Gasteiger partial charge in [-0.2, -0.15) is 5.10 Å². The fourth-order valence-electron chi connectivity index (χ4n) is 3.91. The smallest absolute Gasteiger partial charge is 0.320 e. The number of carbonyl (C=O) groups is 1. The molecule has 0 radical (unpaired) electrons. The van der Waals surface area contributed by atoms with E-state index in [2.05, 4.69) is 21.7 Å². The molecule has 2 aliphatic rings. The molecule has 23 heavy (non-hydrogen) atoms. The van der Waals surface area contributed by atoms with E-state index in [4.69, 9.17) is 5.10 Å². The molecule has 0 saturated carbocycles. The van der Waals surface area contributed by atoms with Gasteiger partial charge in [0.1, 0.15) is 6.04 Å². The molecule has 0 spiro atoms. The van der Waals surface area contributed by atoms with Gasteiger partial charge in [0.2, 0.25) is 0 Å². The summed E-state index contributed by atoms with van der Waals surface area (Å²) >= 11 is 0. The number of rotatable bonds is 4. The molecule has 2 heterocycles. The molecule has 1 aliphatic heterocycles. The van der Waals surface area contributed by atoms with E-state index in [-0.39, 0.29) is 6.04 Å². The molecule has 0 amide bonds. The van der Waals surface area contributed by atoms with E-state index in [1.54, 1.807) is 0 Å². The van der Waals surface area contributed by atoms with Crippen LogP contribution < -0.4 is 0 Å². The van der Waals surface area contributed by atoms with Crippen LogP contribution in [-0.4, -0.2) is 38.3 Å². The van der Waals surface area contributed by atoms with Gasteiger partial charge in [-0.15, -0.1) is 0 Å². The topological polar surface area (TPSA) is 58.4 Å². The largest absolute Gasteiger partial charge is 0.480 e. The van der Waals surface area contributed by atoms with Gasteiger partial charge in [-0.1, -0.05) is 18.2 Å². The number of carboxylic acid groups (broad SMARTS) is 1. The molecule has 120 valence electrons. The Kier molecular flexibility index (Phi) is 3.65. The predicted octanol–water partition coefficient (Wildman–Crippen LogP) is 2.41. The highest BCUT2D eigenvalue weighted by Crippen LogP contribution is 2.30. The molecule has 1 aromatic heterocycles. The van der Waals surface area contributed by atoms with Crippen LogP contribution in [0.15, 0.2) is 30.3 Å². The Morgan fingerprint density at radius 2 is 2.04 bits per heavy atom. The number of nitrogens with zero attached hydrogens (tertiary/aromatic N) is 3. The number of carboxylic acids is 1. The maximum absolute atomic E-state index is 11.4. The highest BCUT2D eigenvalue weighted by molar-refractivity contribution is 5.73. The fourth-order valence-corrected chi connectivity index (χ4v) is 3.91. The first-order valence-electron chi connectivity index (χ1n) is 8.36. The van der Waals surface area contributed by atoms with Gasteiger partial charge in [-0.3, -0.25) is 9.69 Å². The Hall–Kier alpha value is -2.14. The van der Waals surface area contributed by atoms with Crippen molar-refractivity contribution in [3.8, 4) is 5.69 Å². The summed E-state index contributed by atoms with van der Waals surface area (Å²) in [5, 5.41) is 14.2. The molecule has 1 unspecified atom stereocenters. The summed E-state index contributed by atoms with van der Waals surface area (Å²) in [4.78, 5) is 13.5. The van der Waals surface area contributed by atoms with Crippen molar-refractivity contribution in [2.24, 2.45) is 0 Å². The van der Waals surface area contributed by atoms with Crippen LogP contribution in [0.3, 0.4) is 0 Å². The van der Waals surface area contributed by atoms with Crippen LogP contribution >= 0.6 is 0 Å². The molecule has 4 rings (SSSR count). The molecule has 1 N–H and O–H groups in total. The van der Waals surface area contributed by atoms with Crippen LogP contribution in [0.1, 0.15) is 36.2 Å². The van der Waals surface area contributed by atoms with Gasteiger partial charge in [-0.25, -0.2) is 4.68 Å². The summed E-state index contributed by atoms with van der Waals surface area (Å²) in [6.07, 6.45) is 4.98. The summed E-state index contributed by atoms with van der Waals surface area (Å²) in [5.74, 6) is -0.707. The van der Waals surface area contributed by atoms with Gasteiger partial charge in [0.05, 0.1) is 11.4 Å². The molecule has 1 fully saturated rings. The normalized spacial score (nSPS) is 20.8.